The molecule has 0 saturated carbocycles. The Morgan fingerprint density at radius 2 is 1.88 bits per heavy atom. The fourth-order valence-corrected chi connectivity index (χ4v) is 2.34. The van der Waals surface area contributed by atoms with Gasteiger partial charge in [0.2, 0.25) is 11.8 Å². The Morgan fingerprint density at radius 3 is 2.44 bits per heavy atom. The summed E-state index contributed by atoms with van der Waals surface area (Å²) in [6.45, 7) is 2.09. The first-order valence-electron chi connectivity index (χ1n) is 7.79. The highest BCUT2D eigenvalue weighted by Crippen LogP contribution is 2.11. The number of benzene rings is 1. The molecule has 3 N–H and O–H groups in total. The Labute approximate surface area is 153 Å². The van der Waals surface area contributed by atoms with Crippen molar-refractivity contribution in [1.82, 2.24) is 25.7 Å². The number of hydrogen-bond donors (Lipinski definition) is 3. The molecule has 0 saturated heterocycles. The molecule has 0 spiro atoms. The fraction of sp³-hybridized carbons (Fsp3) is 0.353. The fourth-order valence-electron chi connectivity index (χ4n) is 2.34. The zero-order chi connectivity index (χ0) is 17.5. The molecule has 25 heavy (non-hydrogen) atoms. The molecule has 1 aromatic carbocycles. The Balaban J connectivity index is 0.00000312. The molecule has 8 heteroatoms. The second-order valence-corrected chi connectivity index (χ2v) is 5.60. The summed E-state index contributed by atoms with van der Waals surface area (Å²) in [4.78, 5) is 24.5. The number of carbonyl (C=O) groups is 2. The molecule has 0 radical (unpaired) electrons. The van der Waals surface area contributed by atoms with Crippen LogP contribution in [0.15, 0.2) is 42.7 Å². The summed E-state index contributed by atoms with van der Waals surface area (Å²) < 4.78 is 1.63. The number of carbonyl (C=O) groups excluding carboxylic acids is 2. The zero-order valence-corrected chi connectivity index (χ0v) is 15.3. The van der Waals surface area contributed by atoms with Crippen LogP contribution >= 0.6 is 12.4 Å². The van der Waals surface area contributed by atoms with Gasteiger partial charge in [-0.2, -0.15) is 5.10 Å². The van der Waals surface area contributed by atoms with Gasteiger partial charge in [0, 0.05) is 25.4 Å². The number of hydrogen-bond acceptors (Lipinski definition) is 4. The number of likely N-dealkylation sites (N-methyl/N-ethyl adjacent to an activating group) is 1. The van der Waals surface area contributed by atoms with E-state index >= 15 is 0 Å². The number of nitrogens with zero attached hydrogens (tertiary/aromatic N) is 2. The molecule has 1 aromatic heterocycles. The number of aryl methyl sites for hydroxylation is 1. The predicted molar refractivity (Wildman–Crippen MR) is 98.2 cm³/mol. The molecular formula is C17H24ClN5O2. The minimum atomic E-state index is -0.631. The predicted octanol–water partition coefficient (Wildman–Crippen LogP) is 0.924. The van der Waals surface area contributed by atoms with Crippen LogP contribution in [-0.4, -0.2) is 34.7 Å². The van der Waals surface area contributed by atoms with Gasteiger partial charge in [0.1, 0.15) is 12.1 Å². The summed E-state index contributed by atoms with van der Waals surface area (Å²) in [6, 6.07) is 8.43. The first-order valence-corrected chi connectivity index (χ1v) is 7.79. The number of amides is 2. The van der Waals surface area contributed by atoms with Crippen LogP contribution in [0, 0.1) is 0 Å². The summed E-state index contributed by atoms with van der Waals surface area (Å²) in [6.07, 6.45) is 3.39. The second-order valence-electron chi connectivity index (χ2n) is 5.60. The standard InChI is InChI=1S/C17H23N5O2.ClH/c1-12(16(23)19-9-13-7-5-4-6-8-13)21-17(24)15(18-2)14-10-20-22(3)11-14;/h4-8,10-12,15,18H,9H2,1-3H3,(H,19,23)(H,21,24);1H. The molecule has 0 aliphatic heterocycles. The van der Waals surface area contributed by atoms with Crippen molar-refractivity contribution in [3.05, 3.63) is 53.9 Å². The van der Waals surface area contributed by atoms with Crippen LogP contribution in [0.2, 0.25) is 0 Å². The highest BCUT2D eigenvalue weighted by molar-refractivity contribution is 5.90. The summed E-state index contributed by atoms with van der Waals surface area (Å²) >= 11 is 0. The molecule has 2 amide bonds. The monoisotopic (exact) mass is 365 g/mol. The number of aromatic nitrogens is 2. The van der Waals surface area contributed by atoms with Crippen LogP contribution in [0.25, 0.3) is 0 Å². The highest BCUT2D eigenvalue weighted by atomic mass is 35.5. The third kappa shape index (κ3) is 5.88. The van der Waals surface area contributed by atoms with Gasteiger partial charge in [0.15, 0.2) is 0 Å². The van der Waals surface area contributed by atoms with Crippen LogP contribution < -0.4 is 16.0 Å². The molecule has 1 heterocycles. The largest absolute Gasteiger partial charge is 0.350 e. The summed E-state index contributed by atoms with van der Waals surface area (Å²) in [5, 5.41) is 12.5. The molecule has 0 fully saturated rings. The van der Waals surface area contributed by atoms with E-state index in [0.717, 1.165) is 11.1 Å². The average molecular weight is 366 g/mol. The maximum Gasteiger partial charge on any atom is 0.242 e. The molecule has 2 unspecified atom stereocenters. The molecule has 2 rings (SSSR count). The van der Waals surface area contributed by atoms with Gasteiger partial charge >= 0.3 is 0 Å². The van der Waals surface area contributed by atoms with Crippen molar-refractivity contribution in [3.8, 4) is 0 Å². The van der Waals surface area contributed by atoms with Crippen molar-refractivity contribution in [1.29, 1.82) is 0 Å². The number of rotatable bonds is 7. The maximum atomic E-state index is 12.4. The van der Waals surface area contributed by atoms with E-state index in [-0.39, 0.29) is 24.2 Å². The first-order chi connectivity index (χ1) is 11.5. The first kappa shape index (κ1) is 20.7. The Kier molecular flexibility index (Phi) is 8.10. The molecule has 136 valence electrons. The molecule has 0 bridgehead atoms. The van der Waals surface area contributed by atoms with E-state index in [4.69, 9.17) is 0 Å². The van der Waals surface area contributed by atoms with Crippen molar-refractivity contribution in [3.63, 3.8) is 0 Å². The lowest BCUT2D eigenvalue weighted by atomic mass is 10.1. The van der Waals surface area contributed by atoms with E-state index in [1.54, 1.807) is 38.1 Å². The van der Waals surface area contributed by atoms with Gasteiger partial charge in [-0.15, -0.1) is 12.4 Å². The molecular weight excluding hydrogens is 342 g/mol. The van der Waals surface area contributed by atoms with Crippen molar-refractivity contribution in [2.24, 2.45) is 7.05 Å². The molecule has 0 aliphatic rings. The highest BCUT2D eigenvalue weighted by Gasteiger charge is 2.23. The topological polar surface area (TPSA) is 88.1 Å². The van der Waals surface area contributed by atoms with Gasteiger partial charge < -0.3 is 16.0 Å². The Bertz CT molecular complexity index is 689. The molecule has 0 aliphatic carbocycles. The smallest absolute Gasteiger partial charge is 0.242 e. The third-order valence-electron chi connectivity index (χ3n) is 3.67. The van der Waals surface area contributed by atoms with Crippen LogP contribution in [0.5, 0.6) is 0 Å². The van der Waals surface area contributed by atoms with Crippen molar-refractivity contribution < 1.29 is 9.59 Å². The van der Waals surface area contributed by atoms with E-state index in [9.17, 15) is 9.59 Å². The third-order valence-corrected chi connectivity index (χ3v) is 3.67. The van der Waals surface area contributed by atoms with Gasteiger partial charge in [-0.1, -0.05) is 30.3 Å². The van der Waals surface area contributed by atoms with Crippen molar-refractivity contribution in [2.75, 3.05) is 7.05 Å². The lowest BCUT2D eigenvalue weighted by molar-refractivity contribution is -0.129. The lowest BCUT2D eigenvalue weighted by Crippen LogP contribution is -2.47. The summed E-state index contributed by atoms with van der Waals surface area (Å²) in [5.74, 6) is -0.499. The lowest BCUT2D eigenvalue weighted by Gasteiger charge is -2.19. The zero-order valence-electron chi connectivity index (χ0n) is 14.5. The van der Waals surface area contributed by atoms with Gasteiger partial charge in [-0.25, -0.2) is 0 Å². The normalized spacial score (nSPS) is 12.6. The van der Waals surface area contributed by atoms with Crippen molar-refractivity contribution >= 4 is 24.2 Å². The van der Waals surface area contributed by atoms with E-state index in [1.165, 1.54) is 0 Å². The Morgan fingerprint density at radius 1 is 1.20 bits per heavy atom. The SMILES string of the molecule is CNC(C(=O)NC(C)C(=O)NCc1ccccc1)c1cnn(C)c1.Cl. The van der Waals surface area contributed by atoms with E-state index in [1.807, 2.05) is 30.3 Å². The van der Waals surface area contributed by atoms with E-state index in [2.05, 4.69) is 21.0 Å². The summed E-state index contributed by atoms with van der Waals surface area (Å²) in [5.41, 5.74) is 1.75. The van der Waals surface area contributed by atoms with Gasteiger partial charge in [-0.3, -0.25) is 14.3 Å². The van der Waals surface area contributed by atoms with Gasteiger partial charge in [0.25, 0.3) is 0 Å². The molecule has 2 atom stereocenters. The Hall–Kier alpha value is -2.38. The molecule has 7 nitrogen and oxygen atoms in total. The van der Waals surface area contributed by atoms with Crippen LogP contribution in [0.4, 0.5) is 0 Å². The van der Waals surface area contributed by atoms with Crippen molar-refractivity contribution in [2.45, 2.75) is 25.6 Å². The minimum Gasteiger partial charge on any atom is -0.350 e. The molecule has 2 aromatic rings. The van der Waals surface area contributed by atoms with E-state index in [0.29, 0.717) is 6.54 Å². The van der Waals surface area contributed by atoms with Gasteiger partial charge in [0.05, 0.1) is 6.20 Å². The van der Waals surface area contributed by atoms with Crippen LogP contribution in [0.1, 0.15) is 24.1 Å². The average Bonchev–Trinajstić information content (AvgIpc) is 3.00. The number of nitrogens with one attached hydrogen (secondary N) is 3. The minimum absolute atomic E-state index is 0. The quantitative estimate of drug-likeness (QED) is 0.681. The summed E-state index contributed by atoms with van der Waals surface area (Å²) in [7, 11) is 3.48. The number of halogens is 1. The van der Waals surface area contributed by atoms with E-state index < -0.39 is 12.1 Å². The maximum absolute atomic E-state index is 12.4. The van der Waals surface area contributed by atoms with Crippen LogP contribution in [0.3, 0.4) is 0 Å². The van der Waals surface area contributed by atoms with Gasteiger partial charge in [-0.05, 0) is 19.5 Å². The second kappa shape index (κ2) is 9.80. The van der Waals surface area contributed by atoms with Crippen LogP contribution in [-0.2, 0) is 23.2 Å².